The Balaban J connectivity index is 1.56. The minimum absolute atomic E-state index is 0.0278. The number of hydrogen-bond donors (Lipinski definition) is 1. The van der Waals surface area contributed by atoms with Gasteiger partial charge in [-0.15, -0.1) is 0 Å². The Bertz CT molecular complexity index is 1230. The number of nitrogens with one attached hydrogen (secondary N) is 1. The zero-order chi connectivity index (χ0) is 26.0. The first-order valence-corrected chi connectivity index (χ1v) is 14.5. The van der Waals surface area contributed by atoms with E-state index in [0.717, 1.165) is 48.5 Å². The molecule has 1 aliphatic heterocycles. The monoisotopic (exact) mass is 618 g/mol. The van der Waals surface area contributed by atoms with Crippen LogP contribution in [0.25, 0.3) is 11.5 Å². The second-order valence-corrected chi connectivity index (χ2v) is 11.0. The number of hydrogen-bond acceptors (Lipinski definition) is 4. The maximum Gasteiger partial charge on any atom is 0.277 e. The van der Waals surface area contributed by atoms with Crippen molar-refractivity contribution in [3.05, 3.63) is 60.0 Å². The highest BCUT2D eigenvalue weighted by Crippen LogP contribution is 2.36. The smallest absolute Gasteiger partial charge is 0.277 e. The minimum Gasteiger partial charge on any atom is -0.463 e. The lowest BCUT2D eigenvalue weighted by Gasteiger charge is -2.44. The molecule has 2 atom stereocenters. The van der Waals surface area contributed by atoms with Crippen LogP contribution in [0.15, 0.2) is 53.1 Å². The molecule has 1 aromatic carbocycles. The summed E-state index contributed by atoms with van der Waals surface area (Å²) in [7, 11) is 0. The predicted molar refractivity (Wildman–Crippen MR) is 149 cm³/mol. The Morgan fingerprint density at radius 2 is 1.95 bits per heavy atom. The number of rotatable bonds is 7. The Morgan fingerprint density at radius 1 is 1.22 bits per heavy atom. The number of benzene rings is 1. The molecule has 2 aromatic heterocycles. The van der Waals surface area contributed by atoms with Gasteiger partial charge in [0.05, 0.1) is 12.8 Å². The first kappa shape index (κ1) is 25.9. The van der Waals surface area contributed by atoms with Crippen molar-refractivity contribution >= 4 is 40.1 Å². The average Bonchev–Trinajstić information content (AvgIpc) is 3.53. The molecule has 7 nitrogen and oxygen atoms in total. The van der Waals surface area contributed by atoms with Crippen molar-refractivity contribution in [2.45, 2.75) is 69.5 Å². The number of furan rings is 1. The molecule has 2 unspecified atom stereocenters. The SMILES string of the molecule is CC(CI)c1ccc(N2C(=O)c3cc(-c4ccco4)nn3CC2(CF)C(=O)NC2CCCCCC2)cc1. The average molecular weight is 618 g/mol. The maximum atomic E-state index is 15.2. The fourth-order valence-corrected chi connectivity index (χ4v) is 5.87. The van der Waals surface area contributed by atoms with Crippen LogP contribution in [0.2, 0.25) is 0 Å². The van der Waals surface area contributed by atoms with Gasteiger partial charge in [0.1, 0.15) is 18.1 Å². The number of aromatic nitrogens is 2. The summed E-state index contributed by atoms with van der Waals surface area (Å²) in [6.45, 7) is 1.02. The fourth-order valence-electron chi connectivity index (χ4n) is 5.37. The lowest BCUT2D eigenvalue weighted by Crippen LogP contribution is -2.68. The largest absolute Gasteiger partial charge is 0.463 e. The second-order valence-electron chi connectivity index (χ2n) is 10.2. The van der Waals surface area contributed by atoms with Crippen LogP contribution in [-0.4, -0.2) is 44.3 Å². The van der Waals surface area contributed by atoms with E-state index in [1.54, 1.807) is 18.2 Å². The first-order valence-electron chi connectivity index (χ1n) is 13.0. The lowest BCUT2D eigenvalue weighted by atomic mass is 9.91. The van der Waals surface area contributed by atoms with Crippen LogP contribution in [-0.2, 0) is 11.3 Å². The van der Waals surface area contributed by atoms with Gasteiger partial charge in [-0.05, 0) is 48.6 Å². The number of alkyl halides is 2. The van der Waals surface area contributed by atoms with Crippen LogP contribution in [0, 0.1) is 0 Å². The van der Waals surface area contributed by atoms with E-state index in [-0.39, 0.29) is 12.6 Å². The highest BCUT2D eigenvalue weighted by atomic mass is 127. The lowest BCUT2D eigenvalue weighted by molar-refractivity contribution is -0.128. The molecule has 1 aliphatic carbocycles. The zero-order valence-corrected chi connectivity index (χ0v) is 23.1. The summed E-state index contributed by atoms with van der Waals surface area (Å²) in [5, 5.41) is 7.65. The van der Waals surface area contributed by atoms with Crippen LogP contribution >= 0.6 is 22.6 Å². The van der Waals surface area contributed by atoms with Gasteiger partial charge in [-0.25, -0.2) is 4.39 Å². The van der Waals surface area contributed by atoms with Crippen LogP contribution in [0.3, 0.4) is 0 Å². The van der Waals surface area contributed by atoms with E-state index in [9.17, 15) is 9.59 Å². The molecule has 1 fully saturated rings. The molecule has 1 N–H and O–H groups in total. The van der Waals surface area contributed by atoms with Crippen LogP contribution in [0.4, 0.5) is 10.1 Å². The molecule has 2 aliphatic rings. The Labute approximate surface area is 229 Å². The normalized spacial score (nSPS) is 21.4. The number of anilines is 1. The summed E-state index contributed by atoms with van der Waals surface area (Å²) in [4.78, 5) is 29.3. The van der Waals surface area contributed by atoms with Crippen molar-refractivity contribution in [1.82, 2.24) is 15.1 Å². The molecule has 3 aromatic rings. The molecule has 0 radical (unpaired) electrons. The Hall–Kier alpha value is -2.69. The Kier molecular flexibility index (Phi) is 7.69. The van der Waals surface area contributed by atoms with Crippen molar-refractivity contribution in [2.75, 3.05) is 16.0 Å². The summed E-state index contributed by atoms with van der Waals surface area (Å²) in [6, 6.07) is 12.7. The van der Waals surface area contributed by atoms with Crippen LogP contribution in [0.1, 0.15) is 67.4 Å². The number of halogens is 2. The third kappa shape index (κ3) is 4.94. The fraction of sp³-hybridized carbons (Fsp3) is 0.464. The zero-order valence-electron chi connectivity index (χ0n) is 21.0. The van der Waals surface area contributed by atoms with Gasteiger partial charge in [0.2, 0.25) is 0 Å². The molecule has 1 saturated carbocycles. The number of nitrogens with zero attached hydrogens (tertiary/aromatic N) is 3. The van der Waals surface area contributed by atoms with Gasteiger partial charge in [0, 0.05) is 22.2 Å². The molecule has 3 heterocycles. The van der Waals surface area contributed by atoms with Gasteiger partial charge >= 0.3 is 0 Å². The highest BCUT2D eigenvalue weighted by molar-refractivity contribution is 14.1. The molecular formula is C28H32FIN4O3. The molecule has 37 heavy (non-hydrogen) atoms. The van der Waals surface area contributed by atoms with Crippen molar-refractivity contribution in [1.29, 1.82) is 0 Å². The standard InChI is InChI=1S/C28H32FIN4O3/c1-19(16-30)20-10-12-22(13-11-20)34-26(35)24-15-23(25-9-6-14-37-25)32-33(24)18-28(34,17-29)27(36)31-21-7-4-2-3-5-8-21/h6,9-15,19,21H,2-5,7-8,16-18H2,1H3,(H,31,36). The minimum atomic E-state index is -1.75. The van der Waals surface area contributed by atoms with Gasteiger partial charge in [-0.3, -0.25) is 19.2 Å². The molecule has 5 rings (SSSR count). The third-order valence-electron chi connectivity index (χ3n) is 7.60. The van der Waals surface area contributed by atoms with E-state index in [0.29, 0.717) is 28.8 Å². The molecule has 0 bridgehead atoms. The van der Waals surface area contributed by atoms with Gasteiger partial charge < -0.3 is 9.73 Å². The third-order valence-corrected chi connectivity index (χ3v) is 8.92. The van der Waals surface area contributed by atoms with Crippen LogP contribution < -0.4 is 10.2 Å². The second kappa shape index (κ2) is 11.0. The quantitative estimate of drug-likeness (QED) is 0.204. The predicted octanol–water partition coefficient (Wildman–Crippen LogP) is 5.89. The van der Waals surface area contributed by atoms with Crippen molar-refractivity contribution in [3.63, 3.8) is 0 Å². The van der Waals surface area contributed by atoms with Crippen molar-refractivity contribution in [3.8, 4) is 11.5 Å². The van der Waals surface area contributed by atoms with Gasteiger partial charge in [0.25, 0.3) is 11.8 Å². The molecule has 2 amide bonds. The van der Waals surface area contributed by atoms with Gasteiger partial charge in [-0.2, -0.15) is 5.10 Å². The number of amides is 2. The topological polar surface area (TPSA) is 80.4 Å². The molecule has 196 valence electrons. The van der Waals surface area contributed by atoms with E-state index in [4.69, 9.17) is 4.42 Å². The van der Waals surface area contributed by atoms with E-state index in [1.165, 1.54) is 15.8 Å². The van der Waals surface area contributed by atoms with Crippen molar-refractivity contribution in [2.24, 2.45) is 0 Å². The van der Waals surface area contributed by atoms with E-state index in [1.807, 2.05) is 24.3 Å². The first-order chi connectivity index (χ1) is 18.0. The summed E-state index contributed by atoms with van der Waals surface area (Å²) in [6.07, 6.45) is 7.59. The van der Waals surface area contributed by atoms with E-state index < -0.39 is 24.0 Å². The summed E-state index contributed by atoms with van der Waals surface area (Å²) in [5.41, 5.74) is 0.636. The van der Waals surface area contributed by atoms with Gasteiger partial charge in [0.15, 0.2) is 11.3 Å². The van der Waals surface area contributed by atoms with E-state index >= 15 is 4.39 Å². The van der Waals surface area contributed by atoms with Gasteiger partial charge in [-0.1, -0.05) is 67.3 Å². The Morgan fingerprint density at radius 3 is 2.57 bits per heavy atom. The van der Waals surface area contributed by atoms with Crippen LogP contribution in [0.5, 0.6) is 0 Å². The highest BCUT2D eigenvalue weighted by Gasteiger charge is 2.53. The molecule has 0 spiro atoms. The van der Waals surface area contributed by atoms with Crippen molar-refractivity contribution < 1.29 is 18.4 Å². The van der Waals surface area contributed by atoms with E-state index in [2.05, 4.69) is 39.9 Å². The molecule has 0 saturated heterocycles. The number of fused-ring (bicyclic) bond motifs is 1. The summed E-state index contributed by atoms with van der Waals surface area (Å²) in [5.74, 6) is -0.0822. The number of carbonyl (C=O) groups is 2. The number of carbonyl (C=O) groups excluding carboxylic acids is 2. The summed E-state index contributed by atoms with van der Waals surface area (Å²) >= 11 is 2.34. The molecular weight excluding hydrogens is 586 g/mol. The maximum absolute atomic E-state index is 15.2. The summed E-state index contributed by atoms with van der Waals surface area (Å²) < 4.78 is 23.1. The molecule has 9 heteroatoms.